The number of hydrogen-bond acceptors (Lipinski definition) is 3. The molecule has 100 valence electrons. The molecular formula is C13H20BrN3O. The molecule has 0 aliphatic heterocycles. The highest BCUT2D eigenvalue weighted by Gasteiger charge is 2.30. The van der Waals surface area contributed by atoms with Crippen molar-refractivity contribution in [2.75, 3.05) is 0 Å². The second kappa shape index (κ2) is 5.53. The summed E-state index contributed by atoms with van der Waals surface area (Å²) in [7, 11) is 0. The Hall–Kier alpha value is -0.680. The van der Waals surface area contributed by atoms with Crippen molar-refractivity contribution in [2.45, 2.75) is 51.6 Å². The molecule has 2 unspecified atom stereocenters. The van der Waals surface area contributed by atoms with Gasteiger partial charge in [-0.15, -0.1) is 0 Å². The minimum absolute atomic E-state index is 0.0549. The third-order valence-electron chi connectivity index (χ3n) is 3.56. The highest BCUT2D eigenvalue weighted by atomic mass is 79.9. The van der Waals surface area contributed by atoms with Gasteiger partial charge in [0.2, 0.25) is 0 Å². The van der Waals surface area contributed by atoms with Gasteiger partial charge in [-0.2, -0.15) is 5.10 Å². The number of Topliss-reactive ketones (excluding diaryl/α,β-unsaturated/α-hetero) is 1. The molecule has 2 atom stereocenters. The van der Waals surface area contributed by atoms with Crippen LogP contribution < -0.4 is 5.73 Å². The Morgan fingerprint density at radius 3 is 2.89 bits per heavy atom. The van der Waals surface area contributed by atoms with Crippen molar-refractivity contribution in [2.24, 2.45) is 11.7 Å². The number of carbonyl (C=O) groups excluding carboxylic acids is 1. The van der Waals surface area contributed by atoms with Gasteiger partial charge >= 0.3 is 0 Å². The molecular weight excluding hydrogens is 294 g/mol. The number of halogens is 1. The Bertz CT molecular complexity index is 441. The van der Waals surface area contributed by atoms with E-state index in [-0.39, 0.29) is 23.8 Å². The van der Waals surface area contributed by atoms with Crippen molar-refractivity contribution in [3.8, 4) is 0 Å². The van der Waals surface area contributed by atoms with Gasteiger partial charge in [-0.1, -0.05) is 6.42 Å². The molecule has 18 heavy (non-hydrogen) atoms. The zero-order valence-electron chi connectivity index (χ0n) is 10.9. The lowest BCUT2D eigenvalue weighted by Gasteiger charge is -2.26. The maximum atomic E-state index is 12.6. The molecule has 0 saturated heterocycles. The summed E-state index contributed by atoms with van der Waals surface area (Å²) in [6.07, 6.45) is 5.53. The maximum absolute atomic E-state index is 12.6. The predicted octanol–water partition coefficient (Wildman–Crippen LogP) is 2.93. The third kappa shape index (κ3) is 2.67. The van der Waals surface area contributed by atoms with Crippen LogP contribution in [0.3, 0.4) is 0 Å². The average molecular weight is 314 g/mol. The third-order valence-corrected chi connectivity index (χ3v) is 4.14. The minimum atomic E-state index is 0.0549. The normalized spacial score (nSPS) is 24.5. The fraction of sp³-hybridized carbons (Fsp3) is 0.692. The van der Waals surface area contributed by atoms with Crippen LogP contribution in [0.25, 0.3) is 0 Å². The quantitative estimate of drug-likeness (QED) is 0.873. The minimum Gasteiger partial charge on any atom is -0.328 e. The van der Waals surface area contributed by atoms with Gasteiger partial charge in [0.25, 0.3) is 0 Å². The summed E-state index contributed by atoms with van der Waals surface area (Å²) in [4.78, 5) is 12.6. The van der Waals surface area contributed by atoms with Crippen LogP contribution >= 0.6 is 15.9 Å². The van der Waals surface area contributed by atoms with E-state index in [1.54, 1.807) is 10.9 Å². The molecule has 1 aromatic rings. The number of ketones is 1. The molecule has 0 spiro atoms. The fourth-order valence-corrected chi connectivity index (χ4v) is 3.09. The van der Waals surface area contributed by atoms with Gasteiger partial charge in [0.15, 0.2) is 5.78 Å². The molecule has 1 aliphatic carbocycles. The lowest BCUT2D eigenvalue weighted by Crippen LogP contribution is -2.32. The van der Waals surface area contributed by atoms with Crippen molar-refractivity contribution in [1.82, 2.24) is 9.78 Å². The second-order valence-corrected chi connectivity index (χ2v) is 6.22. The number of nitrogens with two attached hydrogens (primary N) is 1. The van der Waals surface area contributed by atoms with E-state index in [0.717, 1.165) is 30.2 Å². The van der Waals surface area contributed by atoms with Crippen LogP contribution in [0.15, 0.2) is 10.7 Å². The van der Waals surface area contributed by atoms with Gasteiger partial charge in [-0.05, 0) is 49.0 Å². The monoisotopic (exact) mass is 313 g/mol. The Balaban J connectivity index is 2.25. The van der Waals surface area contributed by atoms with Crippen LogP contribution in [-0.2, 0) is 0 Å². The smallest absolute Gasteiger partial charge is 0.185 e. The SMILES string of the molecule is CC(C)n1ncc(Br)c1C(=O)C1CCCC(N)C1. The first-order valence-electron chi connectivity index (χ1n) is 6.53. The molecule has 1 aliphatic rings. The van der Waals surface area contributed by atoms with Crippen LogP contribution in [0.1, 0.15) is 56.1 Å². The number of aromatic nitrogens is 2. The fourth-order valence-electron chi connectivity index (χ4n) is 2.62. The molecule has 0 amide bonds. The van der Waals surface area contributed by atoms with Crippen LogP contribution in [0.4, 0.5) is 0 Å². The van der Waals surface area contributed by atoms with Crippen molar-refractivity contribution in [3.63, 3.8) is 0 Å². The van der Waals surface area contributed by atoms with Gasteiger partial charge in [0, 0.05) is 18.0 Å². The molecule has 2 N–H and O–H groups in total. The van der Waals surface area contributed by atoms with Crippen molar-refractivity contribution >= 4 is 21.7 Å². The summed E-state index contributed by atoms with van der Waals surface area (Å²) < 4.78 is 2.59. The molecule has 2 rings (SSSR count). The number of rotatable bonds is 3. The predicted molar refractivity (Wildman–Crippen MR) is 74.6 cm³/mol. The standard InChI is InChI=1S/C13H20BrN3O/c1-8(2)17-12(11(14)7-16-17)13(18)9-4-3-5-10(15)6-9/h7-10H,3-6,15H2,1-2H3. The van der Waals surface area contributed by atoms with Gasteiger partial charge in [-0.25, -0.2) is 0 Å². The van der Waals surface area contributed by atoms with E-state index >= 15 is 0 Å². The maximum Gasteiger partial charge on any atom is 0.185 e. The molecule has 5 heteroatoms. The number of hydrogen-bond donors (Lipinski definition) is 1. The molecule has 0 radical (unpaired) electrons. The van der Waals surface area contributed by atoms with E-state index in [1.165, 1.54) is 0 Å². The molecule has 0 bridgehead atoms. The van der Waals surface area contributed by atoms with Crippen LogP contribution in [-0.4, -0.2) is 21.6 Å². The molecule has 4 nitrogen and oxygen atoms in total. The highest BCUT2D eigenvalue weighted by molar-refractivity contribution is 9.10. The topological polar surface area (TPSA) is 60.9 Å². The van der Waals surface area contributed by atoms with E-state index < -0.39 is 0 Å². The van der Waals surface area contributed by atoms with Gasteiger partial charge < -0.3 is 5.73 Å². The van der Waals surface area contributed by atoms with Crippen LogP contribution in [0.5, 0.6) is 0 Å². The van der Waals surface area contributed by atoms with E-state index in [2.05, 4.69) is 21.0 Å². The van der Waals surface area contributed by atoms with Gasteiger partial charge in [0.05, 0.1) is 10.7 Å². The number of carbonyl (C=O) groups is 1. The van der Waals surface area contributed by atoms with Crippen molar-refractivity contribution < 1.29 is 4.79 Å². The lowest BCUT2D eigenvalue weighted by molar-refractivity contribution is 0.0867. The average Bonchev–Trinajstić information content (AvgIpc) is 2.70. The summed E-state index contributed by atoms with van der Waals surface area (Å²) in [5.74, 6) is 0.238. The Labute approximate surface area is 116 Å². The zero-order chi connectivity index (χ0) is 13.3. The van der Waals surface area contributed by atoms with Gasteiger partial charge in [-0.3, -0.25) is 9.48 Å². The molecule has 1 saturated carbocycles. The summed E-state index contributed by atoms with van der Waals surface area (Å²) in [6.45, 7) is 4.06. The summed E-state index contributed by atoms with van der Waals surface area (Å²) in [5, 5.41) is 4.27. The largest absolute Gasteiger partial charge is 0.328 e. The number of nitrogens with zero attached hydrogens (tertiary/aromatic N) is 2. The molecule has 0 aromatic carbocycles. The first kappa shape index (κ1) is 13.7. The van der Waals surface area contributed by atoms with Crippen LogP contribution in [0.2, 0.25) is 0 Å². The first-order valence-corrected chi connectivity index (χ1v) is 7.32. The molecule has 1 heterocycles. The first-order chi connectivity index (χ1) is 8.50. The van der Waals surface area contributed by atoms with Crippen molar-refractivity contribution in [1.29, 1.82) is 0 Å². The van der Waals surface area contributed by atoms with Crippen LogP contribution in [0, 0.1) is 5.92 Å². The zero-order valence-corrected chi connectivity index (χ0v) is 12.5. The lowest BCUT2D eigenvalue weighted by atomic mass is 9.82. The Morgan fingerprint density at radius 1 is 1.56 bits per heavy atom. The molecule has 1 fully saturated rings. The second-order valence-electron chi connectivity index (χ2n) is 5.37. The van der Waals surface area contributed by atoms with E-state index in [0.29, 0.717) is 5.69 Å². The van der Waals surface area contributed by atoms with E-state index in [4.69, 9.17) is 5.73 Å². The summed E-state index contributed by atoms with van der Waals surface area (Å²) in [6, 6.07) is 0.356. The summed E-state index contributed by atoms with van der Waals surface area (Å²) >= 11 is 3.43. The Morgan fingerprint density at radius 2 is 2.28 bits per heavy atom. The molecule has 1 aromatic heterocycles. The highest BCUT2D eigenvalue weighted by Crippen LogP contribution is 2.30. The summed E-state index contributed by atoms with van der Waals surface area (Å²) in [5.41, 5.74) is 6.66. The van der Waals surface area contributed by atoms with Gasteiger partial charge in [0.1, 0.15) is 5.69 Å². The van der Waals surface area contributed by atoms with E-state index in [9.17, 15) is 4.79 Å². The van der Waals surface area contributed by atoms with Crippen molar-refractivity contribution in [3.05, 3.63) is 16.4 Å². The Kier molecular flexibility index (Phi) is 4.22. The van der Waals surface area contributed by atoms with E-state index in [1.807, 2.05) is 13.8 Å².